The number of primary amides is 1. The van der Waals surface area contributed by atoms with Gasteiger partial charge in [-0.05, 0) is 35.9 Å². The molecule has 0 spiro atoms. The lowest BCUT2D eigenvalue weighted by molar-refractivity contribution is -0.115. The van der Waals surface area contributed by atoms with Crippen LogP contribution in [0.25, 0.3) is 16.5 Å². The molecule has 3 amide bonds. The van der Waals surface area contributed by atoms with Gasteiger partial charge in [0.1, 0.15) is 11.6 Å². The molecule has 0 fully saturated rings. The van der Waals surface area contributed by atoms with Gasteiger partial charge in [0.2, 0.25) is 0 Å². The van der Waals surface area contributed by atoms with Gasteiger partial charge in [-0.1, -0.05) is 28.1 Å². The first-order chi connectivity index (χ1) is 10.5. The third kappa shape index (κ3) is 4.04. The van der Waals surface area contributed by atoms with E-state index in [0.717, 1.165) is 19.8 Å². The van der Waals surface area contributed by atoms with Crippen LogP contribution in [0, 0.1) is 11.3 Å². The largest absolute Gasteiger partial charge is 0.351 e. The van der Waals surface area contributed by atoms with Gasteiger partial charge >= 0.3 is 6.03 Å². The Morgan fingerprint density at radius 3 is 2.73 bits per heavy atom. The van der Waals surface area contributed by atoms with E-state index in [0.29, 0.717) is 0 Å². The van der Waals surface area contributed by atoms with E-state index in [2.05, 4.69) is 15.9 Å². The number of carbonyl (C=O) groups is 2. The molecule has 0 aliphatic rings. The number of hydrogen-bond acceptors (Lipinski definition) is 4. The highest BCUT2D eigenvalue weighted by atomic mass is 79.9. The minimum Gasteiger partial charge on any atom is -0.351 e. The Kier molecular flexibility index (Phi) is 5.09. The molecule has 2 rings (SSSR count). The Bertz CT molecular complexity index is 805. The van der Waals surface area contributed by atoms with Crippen LogP contribution in [-0.4, -0.2) is 11.9 Å². The number of nitrogens with zero attached hydrogens (tertiary/aromatic N) is 1. The minimum atomic E-state index is -0.993. The number of imide groups is 1. The quantitative estimate of drug-likeness (QED) is 0.636. The second kappa shape index (κ2) is 7.02. The highest BCUT2D eigenvalue weighted by Gasteiger charge is 2.11. The summed E-state index contributed by atoms with van der Waals surface area (Å²) < 4.78 is 0.967. The van der Waals surface area contributed by atoms with Crippen LogP contribution in [0.1, 0.15) is 4.88 Å². The molecule has 110 valence electrons. The summed E-state index contributed by atoms with van der Waals surface area (Å²) in [6.45, 7) is 0. The maximum atomic E-state index is 11.6. The molecular weight excluding hydrogens is 366 g/mol. The molecule has 1 aromatic carbocycles. The molecule has 7 heteroatoms. The number of carbonyl (C=O) groups excluding carboxylic acids is 2. The summed E-state index contributed by atoms with van der Waals surface area (Å²) in [6, 6.07) is 12.3. The predicted molar refractivity (Wildman–Crippen MR) is 88.8 cm³/mol. The summed E-state index contributed by atoms with van der Waals surface area (Å²) >= 11 is 4.84. The lowest BCUT2D eigenvalue weighted by atomic mass is 10.2. The lowest BCUT2D eigenvalue weighted by Gasteiger charge is -1.98. The third-order valence-corrected chi connectivity index (χ3v) is 4.20. The van der Waals surface area contributed by atoms with Crippen molar-refractivity contribution in [3.63, 3.8) is 0 Å². The van der Waals surface area contributed by atoms with Crippen molar-refractivity contribution >= 4 is 45.3 Å². The number of urea groups is 1. The van der Waals surface area contributed by atoms with Gasteiger partial charge in [0.25, 0.3) is 5.91 Å². The van der Waals surface area contributed by atoms with E-state index in [-0.39, 0.29) is 5.57 Å². The Morgan fingerprint density at radius 1 is 1.32 bits per heavy atom. The first-order valence-corrected chi connectivity index (χ1v) is 7.69. The third-order valence-electron chi connectivity index (χ3n) is 2.62. The van der Waals surface area contributed by atoms with Crippen LogP contribution in [0.4, 0.5) is 4.79 Å². The Balaban J connectivity index is 2.27. The molecule has 1 aromatic heterocycles. The molecule has 1 heterocycles. The van der Waals surface area contributed by atoms with Crippen LogP contribution in [0.2, 0.25) is 0 Å². The smallest absolute Gasteiger partial charge is 0.319 e. The van der Waals surface area contributed by atoms with Crippen molar-refractivity contribution in [2.24, 2.45) is 5.73 Å². The van der Waals surface area contributed by atoms with Crippen LogP contribution in [0.15, 0.2) is 46.4 Å². The zero-order valence-corrected chi connectivity index (χ0v) is 13.6. The average Bonchev–Trinajstić information content (AvgIpc) is 2.92. The number of halogens is 1. The van der Waals surface area contributed by atoms with Crippen LogP contribution >= 0.6 is 27.3 Å². The summed E-state index contributed by atoms with van der Waals surface area (Å²) in [6.07, 6.45) is 1.42. The molecule has 0 aliphatic heterocycles. The fraction of sp³-hybridized carbons (Fsp3) is 0. The molecule has 0 aliphatic carbocycles. The highest BCUT2D eigenvalue weighted by molar-refractivity contribution is 9.10. The number of nitrogens with one attached hydrogen (secondary N) is 1. The van der Waals surface area contributed by atoms with Crippen LogP contribution in [0.3, 0.4) is 0 Å². The summed E-state index contributed by atoms with van der Waals surface area (Å²) in [5, 5.41) is 10.9. The molecule has 0 bridgehead atoms. The van der Waals surface area contributed by atoms with Gasteiger partial charge in [0.05, 0.1) is 0 Å². The first-order valence-electron chi connectivity index (χ1n) is 6.08. The van der Waals surface area contributed by atoms with Gasteiger partial charge in [-0.15, -0.1) is 11.3 Å². The molecule has 2 aromatic rings. The average molecular weight is 376 g/mol. The fourth-order valence-corrected chi connectivity index (χ4v) is 3.04. The molecule has 3 N–H and O–H groups in total. The maximum absolute atomic E-state index is 11.6. The second-order valence-corrected chi connectivity index (χ2v) is 6.23. The Morgan fingerprint density at radius 2 is 2.09 bits per heavy atom. The standard InChI is InChI=1S/C15H10BrN3O2S/c16-11-3-1-2-9(6-11)13-5-4-12(22-13)7-10(8-17)14(20)19-15(18)21/h1-7H,(H3,18,19,20,21)/b10-7+. The van der Waals surface area contributed by atoms with Crippen molar-refractivity contribution < 1.29 is 9.59 Å². The number of benzene rings is 1. The van der Waals surface area contributed by atoms with Crippen molar-refractivity contribution in [1.29, 1.82) is 5.26 Å². The highest BCUT2D eigenvalue weighted by Crippen LogP contribution is 2.30. The minimum absolute atomic E-state index is 0.179. The van der Waals surface area contributed by atoms with Crippen molar-refractivity contribution in [3.8, 4) is 16.5 Å². The molecule has 0 radical (unpaired) electrons. The van der Waals surface area contributed by atoms with E-state index < -0.39 is 11.9 Å². The van der Waals surface area contributed by atoms with Gasteiger partial charge in [0.15, 0.2) is 0 Å². The SMILES string of the molecule is N#C/C(=C\c1ccc(-c2cccc(Br)c2)s1)C(=O)NC(N)=O. The molecule has 0 saturated heterocycles. The number of nitrogens with two attached hydrogens (primary N) is 1. The summed E-state index contributed by atoms with van der Waals surface area (Å²) in [5.74, 6) is -0.813. The summed E-state index contributed by atoms with van der Waals surface area (Å²) in [4.78, 5) is 24.0. The van der Waals surface area contributed by atoms with E-state index in [4.69, 9.17) is 11.0 Å². The van der Waals surface area contributed by atoms with E-state index in [1.165, 1.54) is 17.4 Å². The van der Waals surface area contributed by atoms with Crippen molar-refractivity contribution in [3.05, 3.63) is 51.3 Å². The van der Waals surface area contributed by atoms with Crippen LogP contribution in [0.5, 0.6) is 0 Å². The fourth-order valence-electron chi connectivity index (χ4n) is 1.70. The second-order valence-electron chi connectivity index (χ2n) is 4.20. The van der Waals surface area contributed by atoms with Crippen LogP contribution in [-0.2, 0) is 4.79 Å². The molecule has 0 saturated carbocycles. The number of thiophene rings is 1. The van der Waals surface area contributed by atoms with Crippen molar-refractivity contribution in [2.75, 3.05) is 0 Å². The Labute approximate surface area is 139 Å². The molecular formula is C15H10BrN3O2S. The molecule has 0 atom stereocenters. The van der Waals surface area contributed by atoms with E-state index in [1.807, 2.05) is 35.6 Å². The maximum Gasteiger partial charge on any atom is 0.319 e. The molecule has 0 unspecified atom stereocenters. The topological polar surface area (TPSA) is 96.0 Å². The van der Waals surface area contributed by atoms with Gasteiger partial charge < -0.3 is 5.73 Å². The predicted octanol–water partition coefficient (Wildman–Crippen LogP) is 3.28. The van der Waals surface area contributed by atoms with E-state index in [9.17, 15) is 9.59 Å². The van der Waals surface area contributed by atoms with Gasteiger partial charge in [-0.2, -0.15) is 5.26 Å². The van der Waals surface area contributed by atoms with Crippen molar-refractivity contribution in [2.45, 2.75) is 0 Å². The number of rotatable bonds is 3. The normalized spacial score (nSPS) is 10.8. The van der Waals surface area contributed by atoms with Crippen LogP contribution < -0.4 is 11.1 Å². The van der Waals surface area contributed by atoms with E-state index in [1.54, 1.807) is 12.1 Å². The van der Waals surface area contributed by atoms with E-state index >= 15 is 0 Å². The number of hydrogen-bond donors (Lipinski definition) is 2. The zero-order valence-electron chi connectivity index (χ0n) is 11.2. The van der Waals surface area contributed by atoms with Gasteiger partial charge in [-0.3, -0.25) is 10.1 Å². The zero-order chi connectivity index (χ0) is 16.1. The summed E-state index contributed by atoms with van der Waals surface area (Å²) in [5.41, 5.74) is 5.71. The van der Waals surface area contributed by atoms with Crippen molar-refractivity contribution in [1.82, 2.24) is 5.32 Å². The molecule has 22 heavy (non-hydrogen) atoms. The number of amides is 3. The summed E-state index contributed by atoms with van der Waals surface area (Å²) in [7, 11) is 0. The van der Waals surface area contributed by atoms with Gasteiger partial charge in [-0.25, -0.2) is 4.79 Å². The Hall–Kier alpha value is -2.43. The number of nitriles is 1. The monoisotopic (exact) mass is 375 g/mol. The van der Waals surface area contributed by atoms with Gasteiger partial charge in [0, 0.05) is 14.2 Å². The molecule has 5 nitrogen and oxygen atoms in total. The lowest BCUT2D eigenvalue weighted by Crippen LogP contribution is -2.35. The first kappa shape index (κ1) is 15.9.